The highest BCUT2D eigenvalue weighted by Gasteiger charge is 2.32. The number of rotatable bonds is 6. The van der Waals surface area contributed by atoms with E-state index in [1.54, 1.807) is 36.4 Å². The predicted molar refractivity (Wildman–Crippen MR) is 119 cm³/mol. The molecule has 2 aromatic rings. The van der Waals surface area contributed by atoms with Crippen molar-refractivity contribution in [1.29, 1.82) is 0 Å². The number of aryl methyl sites for hydroxylation is 1. The first-order chi connectivity index (χ1) is 14.2. The minimum absolute atomic E-state index is 0.173. The molecule has 0 spiro atoms. The molecule has 1 N–H and O–H groups in total. The van der Waals surface area contributed by atoms with Crippen molar-refractivity contribution in [2.75, 3.05) is 25.0 Å². The molecule has 0 unspecified atom stereocenters. The van der Waals surface area contributed by atoms with Crippen LogP contribution in [0.1, 0.15) is 25.3 Å². The van der Waals surface area contributed by atoms with Gasteiger partial charge in [0.1, 0.15) is 5.75 Å². The Hall–Kier alpha value is -1.80. The van der Waals surface area contributed by atoms with Crippen molar-refractivity contribution in [3.63, 3.8) is 0 Å². The first-order valence-corrected chi connectivity index (χ1v) is 11.9. The van der Waals surface area contributed by atoms with E-state index in [2.05, 4.69) is 5.32 Å². The number of piperidine rings is 1. The van der Waals surface area contributed by atoms with Crippen molar-refractivity contribution in [2.24, 2.45) is 5.92 Å². The molecule has 1 fully saturated rings. The van der Waals surface area contributed by atoms with E-state index < -0.39 is 10.0 Å². The van der Waals surface area contributed by atoms with E-state index >= 15 is 0 Å². The Kier molecular flexibility index (Phi) is 7.29. The van der Waals surface area contributed by atoms with Crippen LogP contribution in [0.5, 0.6) is 5.75 Å². The molecule has 1 aliphatic rings. The van der Waals surface area contributed by atoms with E-state index in [1.807, 2.05) is 13.8 Å². The zero-order valence-electron chi connectivity index (χ0n) is 16.8. The summed E-state index contributed by atoms with van der Waals surface area (Å²) in [7, 11) is -3.63. The molecule has 1 amide bonds. The van der Waals surface area contributed by atoms with Crippen LogP contribution < -0.4 is 10.1 Å². The number of benzene rings is 2. The third kappa shape index (κ3) is 5.09. The molecular formula is C21H24Cl2N2O4S. The number of anilines is 1. The summed E-state index contributed by atoms with van der Waals surface area (Å²) in [6.45, 7) is 4.78. The van der Waals surface area contributed by atoms with E-state index in [1.165, 1.54) is 4.31 Å². The average Bonchev–Trinajstić information content (AvgIpc) is 2.71. The number of sulfonamides is 1. The van der Waals surface area contributed by atoms with Gasteiger partial charge >= 0.3 is 0 Å². The van der Waals surface area contributed by atoms with Crippen molar-refractivity contribution in [2.45, 2.75) is 31.6 Å². The quantitative estimate of drug-likeness (QED) is 0.661. The smallest absolute Gasteiger partial charge is 0.243 e. The molecular weight excluding hydrogens is 447 g/mol. The van der Waals surface area contributed by atoms with Crippen molar-refractivity contribution < 1.29 is 17.9 Å². The lowest BCUT2D eigenvalue weighted by Gasteiger charge is -2.30. The Morgan fingerprint density at radius 1 is 1.17 bits per heavy atom. The van der Waals surface area contributed by atoms with Crippen LogP contribution in [0.25, 0.3) is 0 Å². The minimum atomic E-state index is -3.63. The van der Waals surface area contributed by atoms with Crippen LogP contribution in [0.4, 0.5) is 5.69 Å². The number of ether oxygens (including phenoxy) is 1. The fourth-order valence-corrected chi connectivity index (χ4v) is 5.44. The Balaban J connectivity index is 1.64. The third-order valence-electron chi connectivity index (χ3n) is 5.10. The van der Waals surface area contributed by atoms with E-state index in [0.29, 0.717) is 40.9 Å². The number of hydrogen-bond donors (Lipinski definition) is 1. The lowest BCUT2D eigenvalue weighted by molar-refractivity contribution is -0.120. The van der Waals surface area contributed by atoms with Crippen molar-refractivity contribution >= 4 is 44.8 Å². The molecule has 30 heavy (non-hydrogen) atoms. The first kappa shape index (κ1) is 22.9. The Labute approximate surface area is 187 Å². The number of nitrogens with one attached hydrogen (secondary N) is 1. The van der Waals surface area contributed by atoms with Gasteiger partial charge in [-0.2, -0.15) is 4.31 Å². The first-order valence-electron chi connectivity index (χ1n) is 9.72. The number of carbonyl (C=O) groups excluding carboxylic acids is 1. The van der Waals surface area contributed by atoms with Gasteiger partial charge in [-0.1, -0.05) is 23.2 Å². The lowest BCUT2D eigenvalue weighted by atomic mass is 9.97. The molecule has 6 nitrogen and oxygen atoms in total. The van der Waals surface area contributed by atoms with Crippen LogP contribution in [0, 0.1) is 12.8 Å². The molecule has 1 saturated heterocycles. The van der Waals surface area contributed by atoms with Gasteiger partial charge in [-0.25, -0.2) is 8.42 Å². The zero-order chi connectivity index (χ0) is 21.9. The van der Waals surface area contributed by atoms with Gasteiger partial charge in [-0.3, -0.25) is 4.79 Å². The fraction of sp³-hybridized carbons (Fsp3) is 0.381. The Morgan fingerprint density at radius 3 is 2.47 bits per heavy atom. The van der Waals surface area contributed by atoms with Crippen LogP contribution in [0.2, 0.25) is 10.0 Å². The maximum Gasteiger partial charge on any atom is 0.243 e. The molecule has 1 heterocycles. The maximum atomic E-state index is 13.0. The molecule has 0 saturated carbocycles. The van der Waals surface area contributed by atoms with E-state index in [-0.39, 0.29) is 29.8 Å². The highest BCUT2D eigenvalue weighted by molar-refractivity contribution is 7.89. The molecule has 0 radical (unpaired) electrons. The second kappa shape index (κ2) is 9.56. The fourth-order valence-electron chi connectivity index (χ4n) is 3.43. The molecule has 3 rings (SSSR count). The second-order valence-corrected chi connectivity index (χ2v) is 9.93. The summed E-state index contributed by atoms with van der Waals surface area (Å²) in [6.07, 6.45) is 0.874. The Bertz CT molecular complexity index is 1040. The summed E-state index contributed by atoms with van der Waals surface area (Å²) in [5.74, 6) is 0.214. The van der Waals surface area contributed by atoms with Crippen LogP contribution in [-0.4, -0.2) is 38.3 Å². The monoisotopic (exact) mass is 470 g/mol. The topological polar surface area (TPSA) is 75.7 Å². The van der Waals surface area contributed by atoms with Crippen molar-refractivity contribution in [3.8, 4) is 5.75 Å². The highest BCUT2D eigenvalue weighted by atomic mass is 35.5. The Morgan fingerprint density at radius 2 is 1.87 bits per heavy atom. The van der Waals surface area contributed by atoms with E-state index in [9.17, 15) is 13.2 Å². The molecule has 0 aliphatic carbocycles. The zero-order valence-corrected chi connectivity index (χ0v) is 19.1. The third-order valence-corrected chi connectivity index (χ3v) is 7.54. The van der Waals surface area contributed by atoms with E-state index in [4.69, 9.17) is 27.9 Å². The van der Waals surface area contributed by atoms with Crippen molar-refractivity contribution in [3.05, 3.63) is 52.0 Å². The molecule has 9 heteroatoms. The number of halogens is 2. The van der Waals surface area contributed by atoms with Gasteiger partial charge in [0.05, 0.1) is 22.2 Å². The highest BCUT2D eigenvalue weighted by Crippen LogP contribution is 2.29. The van der Waals surface area contributed by atoms with Gasteiger partial charge in [-0.15, -0.1) is 0 Å². The van der Waals surface area contributed by atoms with E-state index in [0.717, 1.165) is 5.56 Å². The van der Waals surface area contributed by atoms with Gasteiger partial charge in [-0.05, 0) is 68.7 Å². The molecule has 0 atom stereocenters. The summed E-state index contributed by atoms with van der Waals surface area (Å²) in [6, 6.07) is 9.73. The SMILES string of the molecule is CCOc1ccc(S(=O)(=O)N2CCC(C(=O)Nc3ccc(Cl)cc3Cl)CC2)cc1C. The van der Waals surface area contributed by atoms with Gasteiger partial charge in [0.25, 0.3) is 0 Å². The number of amides is 1. The summed E-state index contributed by atoms with van der Waals surface area (Å²) in [4.78, 5) is 12.8. The molecule has 0 aromatic heterocycles. The van der Waals surface area contributed by atoms with Gasteiger partial charge in [0, 0.05) is 24.0 Å². The number of nitrogens with zero attached hydrogens (tertiary/aromatic N) is 1. The predicted octanol–water partition coefficient (Wildman–Crippen LogP) is 4.74. The van der Waals surface area contributed by atoms with Gasteiger partial charge in [0.2, 0.25) is 15.9 Å². The number of carbonyl (C=O) groups is 1. The average molecular weight is 471 g/mol. The summed E-state index contributed by atoms with van der Waals surface area (Å²) in [5, 5.41) is 3.66. The van der Waals surface area contributed by atoms with Crippen LogP contribution in [0.15, 0.2) is 41.3 Å². The normalized spacial score (nSPS) is 15.7. The van der Waals surface area contributed by atoms with Crippen LogP contribution >= 0.6 is 23.2 Å². The van der Waals surface area contributed by atoms with Gasteiger partial charge in [0.15, 0.2) is 0 Å². The molecule has 162 valence electrons. The largest absolute Gasteiger partial charge is 0.494 e. The molecule has 1 aliphatic heterocycles. The summed E-state index contributed by atoms with van der Waals surface area (Å²) >= 11 is 12.0. The minimum Gasteiger partial charge on any atom is -0.494 e. The summed E-state index contributed by atoms with van der Waals surface area (Å²) in [5.41, 5.74) is 1.26. The molecule has 2 aromatic carbocycles. The summed E-state index contributed by atoms with van der Waals surface area (Å²) < 4.78 is 32.9. The lowest BCUT2D eigenvalue weighted by Crippen LogP contribution is -2.41. The number of hydrogen-bond acceptors (Lipinski definition) is 4. The second-order valence-electron chi connectivity index (χ2n) is 7.15. The standard InChI is InChI=1S/C21H24Cl2N2O4S/c1-3-29-20-7-5-17(12-14(20)2)30(27,28)25-10-8-15(9-11-25)21(26)24-19-6-4-16(22)13-18(19)23/h4-7,12-13,15H,3,8-11H2,1-2H3,(H,24,26). The molecule has 0 bridgehead atoms. The van der Waals surface area contributed by atoms with Crippen LogP contribution in [-0.2, 0) is 14.8 Å². The van der Waals surface area contributed by atoms with Gasteiger partial charge < -0.3 is 10.1 Å². The van der Waals surface area contributed by atoms with Crippen molar-refractivity contribution in [1.82, 2.24) is 4.31 Å². The maximum absolute atomic E-state index is 13.0. The van der Waals surface area contributed by atoms with Crippen LogP contribution in [0.3, 0.4) is 0 Å².